The number of nitrogens with one attached hydrogen (secondary N) is 1. The second-order valence-electron chi connectivity index (χ2n) is 3.29. The molecule has 0 bridgehead atoms. The van der Waals surface area contributed by atoms with E-state index in [0.29, 0.717) is 13.0 Å². The first-order chi connectivity index (χ1) is 7.56. The fraction of sp³-hybridized carbons (Fsp3) is 0.444. The Hall–Kier alpha value is -0.910. The van der Waals surface area contributed by atoms with E-state index in [1.54, 1.807) is 6.92 Å². The number of carbonyl (C=O) groups excluding carboxylic acids is 1. The molecule has 0 aromatic carbocycles. The van der Waals surface area contributed by atoms with Crippen LogP contribution in [0.4, 0.5) is 5.82 Å². The van der Waals surface area contributed by atoms with E-state index < -0.39 is 0 Å². The normalized spacial score (nSPS) is 12.2. The first-order valence-electron chi connectivity index (χ1n) is 4.73. The molecule has 5 nitrogen and oxygen atoms in total. The summed E-state index contributed by atoms with van der Waals surface area (Å²) in [4.78, 5) is 19.1. The van der Waals surface area contributed by atoms with Crippen molar-refractivity contribution in [3.63, 3.8) is 0 Å². The van der Waals surface area contributed by atoms with Crippen LogP contribution in [0.2, 0.25) is 10.2 Å². The van der Waals surface area contributed by atoms with Crippen molar-refractivity contribution < 1.29 is 4.79 Å². The number of hydrogen-bond donors (Lipinski definition) is 2. The van der Waals surface area contributed by atoms with Crippen molar-refractivity contribution in [1.29, 1.82) is 0 Å². The molecule has 16 heavy (non-hydrogen) atoms. The molecular weight excluding hydrogens is 251 g/mol. The number of aromatic nitrogens is 2. The van der Waals surface area contributed by atoms with Crippen LogP contribution >= 0.6 is 23.2 Å². The summed E-state index contributed by atoms with van der Waals surface area (Å²) in [5.41, 5.74) is 5.36. The number of hydrogen-bond acceptors (Lipinski definition) is 4. The Morgan fingerprint density at radius 1 is 1.56 bits per heavy atom. The molecule has 0 radical (unpaired) electrons. The van der Waals surface area contributed by atoms with E-state index in [0.717, 1.165) is 0 Å². The molecule has 3 N–H and O–H groups in total. The average Bonchev–Trinajstić information content (AvgIpc) is 2.25. The Labute approximate surface area is 103 Å². The van der Waals surface area contributed by atoms with E-state index in [1.807, 2.05) is 0 Å². The van der Waals surface area contributed by atoms with E-state index in [4.69, 9.17) is 28.9 Å². The first kappa shape index (κ1) is 13.2. The zero-order valence-electron chi connectivity index (χ0n) is 8.70. The summed E-state index contributed by atoms with van der Waals surface area (Å²) in [6.45, 7) is 2.23. The Morgan fingerprint density at radius 2 is 2.25 bits per heavy atom. The minimum atomic E-state index is -0.199. The van der Waals surface area contributed by atoms with Crippen LogP contribution in [0, 0.1) is 5.92 Å². The predicted molar refractivity (Wildman–Crippen MR) is 63.5 cm³/mol. The minimum absolute atomic E-state index is 0.110. The lowest BCUT2D eigenvalue weighted by Crippen LogP contribution is -2.23. The molecule has 0 aliphatic carbocycles. The second kappa shape index (κ2) is 5.98. The number of rotatable bonds is 4. The molecule has 0 aliphatic rings. The molecule has 1 aromatic rings. The summed E-state index contributed by atoms with van der Waals surface area (Å²) in [6, 6.07) is 0. The van der Waals surface area contributed by atoms with Gasteiger partial charge in [0.05, 0.1) is 0 Å². The van der Waals surface area contributed by atoms with Crippen molar-refractivity contribution in [3.8, 4) is 0 Å². The number of nitrogens with zero attached hydrogens (tertiary/aromatic N) is 2. The van der Waals surface area contributed by atoms with Gasteiger partial charge in [-0.15, -0.1) is 0 Å². The third kappa shape index (κ3) is 3.30. The summed E-state index contributed by atoms with van der Waals surface area (Å²) in [5, 5.41) is 2.82. The van der Waals surface area contributed by atoms with Gasteiger partial charge in [0.2, 0.25) is 5.91 Å². The van der Waals surface area contributed by atoms with Gasteiger partial charge in [-0.1, -0.05) is 30.1 Å². The predicted octanol–water partition coefficient (Wildman–Crippen LogP) is 1.71. The van der Waals surface area contributed by atoms with Crippen molar-refractivity contribution in [3.05, 3.63) is 16.5 Å². The smallest absolute Gasteiger partial charge is 0.228 e. The third-order valence-corrected chi connectivity index (χ3v) is 2.78. The molecule has 0 saturated carbocycles. The van der Waals surface area contributed by atoms with Crippen LogP contribution in [0.15, 0.2) is 6.33 Å². The van der Waals surface area contributed by atoms with E-state index in [2.05, 4.69) is 15.3 Å². The van der Waals surface area contributed by atoms with Gasteiger partial charge in [-0.3, -0.25) is 4.79 Å². The highest BCUT2D eigenvalue weighted by atomic mass is 35.5. The lowest BCUT2D eigenvalue weighted by Gasteiger charge is -2.11. The van der Waals surface area contributed by atoms with Gasteiger partial charge in [0, 0.05) is 5.92 Å². The molecule has 1 heterocycles. The Kier molecular flexibility index (Phi) is 4.92. The Balaban J connectivity index is 2.73. The quantitative estimate of drug-likeness (QED) is 0.810. The van der Waals surface area contributed by atoms with Crippen LogP contribution < -0.4 is 11.1 Å². The first-order valence-corrected chi connectivity index (χ1v) is 5.48. The molecule has 7 heteroatoms. The van der Waals surface area contributed by atoms with Gasteiger partial charge >= 0.3 is 0 Å². The molecule has 88 valence electrons. The number of nitrogens with two attached hydrogens (primary N) is 1. The zero-order valence-corrected chi connectivity index (χ0v) is 10.2. The van der Waals surface area contributed by atoms with Crippen molar-refractivity contribution in [2.24, 2.45) is 11.7 Å². The minimum Gasteiger partial charge on any atom is -0.330 e. The zero-order chi connectivity index (χ0) is 12.1. The molecule has 0 saturated heterocycles. The lowest BCUT2D eigenvalue weighted by atomic mass is 10.1. The van der Waals surface area contributed by atoms with Crippen molar-refractivity contribution in [1.82, 2.24) is 9.97 Å². The Morgan fingerprint density at radius 3 is 2.88 bits per heavy atom. The van der Waals surface area contributed by atoms with Crippen LogP contribution in [-0.2, 0) is 4.79 Å². The maximum atomic E-state index is 11.6. The third-order valence-electron chi connectivity index (χ3n) is 2.04. The highest BCUT2D eigenvalue weighted by molar-refractivity contribution is 6.42. The summed E-state index contributed by atoms with van der Waals surface area (Å²) >= 11 is 11.5. The fourth-order valence-electron chi connectivity index (χ4n) is 1.06. The number of carbonyl (C=O) groups is 1. The molecule has 1 rings (SSSR count). The molecule has 1 unspecified atom stereocenters. The van der Waals surface area contributed by atoms with Crippen molar-refractivity contribution in [2.45, 2.75) is 13.3 Å². The highest BCUT2D eigenvalue weighted by Crippen LogP contribution is 2.25. The highest BCUT2D eigenvalue weighted by Gasteiger charge is 2.15. The van der Waals surface area contributed by atoms with E-state index in [1.165, 1.54) is 6.33 Å². The van der Waals surface area contributed by atoms with Crippen molar-refractivity contribution in [2.75, 3.05) is 11.9 Å². The summed E-state index contributed by atoms with van der Waals surface area (Å²) in [7, 11) is 0. The Bertz CT molecular complexity index is 386. The molecule has 0 aliphatic heterocycles. The fourth-order valence-corrected chi connectivity index (χ4v) is 1.33. The second-order valence-corrected chi connectivity index (χ2v) is 4.03. The lowest BCUT2D eigenvalue weighted by molar-refractivity contribution is -0.119. The van der Waals surface area contributed by atoms with Crippen LogP contribution in [-0.4, -0.2) is 22.4 Å². The number of anilines is 1. The standard InChI is InChI=1S/C9H12Cl2N4O/c1-5(2-3-12)9(16)15-8-6(10)7(11)13-4-14-8/h4-5H,2-3,12H2,1H3,(H,13,14,15,16). The van der Waals surface area contributed by atoms with Crippen molar-refractivity contribution >= 4 is 34.9 Å². The van der Waals surface area contributed by atoms with E-state index in [9.17, 15) is 4.79 Å². The topological polar surface area (TPSA) is 80.9 Å². The van der Waals surface area contributed by atoms with E-state index in [-0.39, 0.29) is 27.8 Å². The van der Waals surface area contributed by atoms with Crippen LogP contribution in [0.5, 0.6) is 0 Å². The van der Waals surface area contributed by atoms with Gasteiger partial charge < -0.3 is 11.1 Å². The van der Waals surface area contributed by atoms with Gasteiger partial charge in [-0.2, -0.15) is 0 Å². The SMILES string of the molecule is CC(CCN)C(=O)Nc1ncnc(Cl)c1Cl. The molecule has 1 atom stereocenters. The molecule has 0 fully saturated rings. The number of amides is 1. The van der Waals surface area contributed by atoms with Crippen LogP contribution in [0.25, 0.3) is 0 Å². The van der Waals surface area contributed by atoms with Gasteiger partial charge in [-0.05, 0) is 13.0 Å². The molecule has 1 amide bonds. The average molecular weight is 263 g/mol. The monoisotopic (exact) mass is 262 g/mol. The maximum Gasteiger partial charge on any atom is 0.228 e. The van der Waals surface area contributed by atoms with Crippen LogP contribution in [0.3, 0.4) is 0 Å². The molecule has 0 spiro atoms. The van der Waals surface area contributed by atoms with Gasteiger partial charge in [0.15, 0.2) is 11.0 Å². The summed E-state index contributed by atoms with van der Waals surface area (Å²) in [6.07, 6.45) is 1.83. The number of halogens is 2. The molecular formula is C9H12Cl2N4O. The van der Waals surface area contributed by atoms with E-state index >= 15 is 0 Å². The van der Waals surface area contributed by atoms with Gasteiger partial charge in [0.25, 0.3) is 0 Å². The molecule has 1 aromatic heterocycles. The van der Waals surface area contributed by atoms with Gasteiger partial charge in [-0.25, -0.2) is 9.97 Å². The maximum absolute atomic E-state index is 11.6. The summed E-state index contributed by atoms with van der Waals surface area (Å²) in [5.74, 6) is -0.174. The largest absolute Gasteiger partial charge is 0.330 e. The van der Waals surface area contributed by atoms with Gasteiger partial charge in [0.1, 0.15) is 11.3 Å². The summed E-state index contributed by atoms with van der Waals surface area (Å²) < 4.78 is 0. The van der Waals surface area contributed by atoms with Crippen LogP contribution in [0.1, 0.15) is 13.3 Å².